The Hall–Kier alpha value is -0.340. The molecular formula is C12H16BrN. The molecule has 1 aromatic rings. The molecule has 1 aliphatic heterocycles. The second-order valence-corrected chi connectivity index (χ2v) is 4.87. The van der Waals surface area contributed by atoms with Gasteiger partial charge >= 0.3 is 0 Å². The summed E-state index contributed by atoms with van der Waals surface area (Å²) in [7, 11) is 0. The van der Waals surface area contributed by atoms with E-state index in [0.717, 1.165) is 0 Å². The molecule has 0 aliphatic carbocycles. The molecule has 1 nitrogen and oxygen atoms in total. The summed E-state index contributed by atoms with van der Waals surface area (Å²) in [4.78, 5) is 0. The second-order valence-electron chi connectivity index (χ2n) is 4.01. The van der Waals surface area contributed by atoms with Gasteiger partial charge in [0, 0.05) is 10.5 Å². The Labute approximate surface area is 94.0 Å². The molecule has 0 unspecified atom stereocenters. The van der Waals surface area contributed by atoms with Gasteiger partial charge in [0.15, 0.2) is 0 Å². The highest BCUT2D eigenvalue weighted by atomic mass is 79.9. The molecule has 0 bridgehead atoms. The molecule has 0 aromatic heterocycles. The summed E-state index contributed by atoms with van der Waals surface area (Å²) < 4.78 is 1.21. The van der Waals surface area contributed by atoms with E-state index >= 15 is 0 Å². The third kappa shape index (κ3) is 2.18. The van der Waals surface area contributed by atoms with Crippen LogP contribution in [-0.2, 0) is 0 Å². The van der Waals surface area contributed by atoms with E-state index in [1.54, 1.807) is 0 Å². The minimum atomic E-state index is 0.579. The zero-order valence-corrected chi connectivity index (χ0v) is 10.1. The third-order valence-corrected chi connectivity index (χ3v) is 3.78. The van der Waals surface area contributed by atoms with Crippen molar-refractivity contribution in [2.45, 2.75) is 32.2 Å². The van der Waals surface area contributed by atoms with E-state index < -0.39 is 0 Å². The average molecular weight is 254 g/mol. The van der Waals surface area contributed by atoms with Gasteiger partial charge in [-0.3, -0.25) is 0 Å². The molecule has 0 radical (unpaired) electrons. The largest absolute Gasteiger partial charge is 0.310 e. The lowest BCUT2D eigenvalue weighted by molar-refractivity contribution is 0.412. The second kappa shape index (κ2) is 4.45. The van der Waals surface area contributed by atoms with Crippen molar-refractivity contribution in [3.05, 3.63) is 33.8 Å². The number of rotatable bonds is 1. The molecule has 0 spiro atoms. The van der Waals surface area contributed by atoms with Crippen molar-refractivity contribution in [3.63, 3.8) is 0 Å². The van der Waals surface area contributed by atoms with E-state index in [4.69, 9.17) is 0 Å². The number of benzene rings is 1. The molecule has 76 valence electrons. The normalized spacial score (nSPS) is 22.3. The molecule has 1 aliphatic rings. The highest BCUT2D eigenvalue weighted by Crippen LogP contribution is 2.26. The maximum atomic E-state index is 3.57. The van der Waals surface area contributed by atoms with Crippen molar-refractivity contribution >= 4 is 15.9 Å². The van der Waals surface area contributed by atoms with Crippen LogP contribution in [-0.4, -0.2) is 6.54 Å². The maximum absolute atomic E-state index is 3.57. The summed E-state index contributed by atoms with van der Waals surface area (Å²) in [5, 5.41) is 3.57. The SMILES string of the molecule is Cc1cc([C@@H]2CCCCN2)ccc1Br. The fraction of sp³-hybridized carbons (Fsp3) is 0.500. The Morgan fingerprint density at radius 3 is 2.86 bits per heavy atom. The van der Waals surface area contributed by atoms with Gasteiger partial charge < -0.3 is 5.32 Å². The molecule has 2 rings (SSSR count). The highest BCUT2D eigenvalue weighted by molar-refractivity contribution is 9.10. The first-order valence-electron chi connectivity index (χ1n) is 5.27. The molecule has 1 heterocycles. The van der Waals surface area contributed by atoms with Crippen molar-refractivity contribution in [2.24, 2.45) is 0 Å². The molecular weight excluding hydrogens is 238 g/mol. The lowest BCUT2D eigenvalue weighted by Crippen LogP contribution is -2.26. The van der Waals surface area contributed by atoms with Crippen LogP contribution in [0.15, 0.2) is 22.7 Å². The van der Waals surface area contributed by atoms with Gasteiger partial charge in [-0.2, -0.15) is 0 Å². The topological polar surface area (TPSA) is 12.0 Å². The predicted molar refractivity (Wildman–Crippen MR) is 63.5 cm³/mol. The van der Waals surface area contributed by atoms with Crippen LogP contribution < -0.4 is 5.32 Å². The molecule has 1 N–H and O–H groups in total. The molecule has 0 saturated carbocycles. The molecule has 1 saturated heterocycles. The van der Waals surface area contributed by atoms with Gasteiger partial charge in [-0.05, 0) is 43.5 Å². The molecule has 14 heavy (non-hydrogen) atoms. The number of nitrogens with one attached hydrogen (secondary N) is 1. The fourth-order valence-electron chi connectivity index (χ4n) is 2.02. The highest BCUT2D eigenvalue weighted by Gasteiger charge is 2.14. The van der Waals surface area contributed by atoms with Gasteiger partial charge in [-0.25, -0.2) is 0 Å². The summed E-state index contributed by atoms with van der Waals surface area (Å²) in [5.74, 6) is 0. The lowest BCUT2D eigenvalue weighted by atomic mass is 9.96. The van der Waals surface area contributed by atoms with Crippen molar-refractivity contribution in [1.29, 1.82) is 0 Å². The first-order chi connectivity index (χ1) is 6.77. The van der Waals surface area contributed by atoms with E-state index in [1.807, 2.05) is 0 Å². The average Bonchev–Trinajstić information content (AvgIpc) is 2.23. The Morgan fingerprint density at radius 2 is 2.21 bits per heavy atom. The Bertz CT molecular complexity index is 316. The maximum Gasteiger partial charge on any atom is 0.0320 e. The summed E-state index contributed by atoms with van der Waals surface area (Å²) in [6.45, 7) is 3.32. The summed E-state index contributed by atoms with van der Waals surface area (Å²) >= 11 is 3.53. The van der Waals surface area contributed by atoms with Gasteiger partial charge in [-0.1, -0.05) is 34.5 Å². The molecule has 1 fully saturated rings. The fourth-order valence-corrected chi connectivity index (χ4v) is 2.27. The smallest absolute Gasteiger partial charge is 0.0320 e. The molecule has 2 heteroatoms. The van der Waals surface area contributed by atoms with Crippen molar-refractivity contribution in [3.8, 4) is 0 Å². The lowest BCUT2D eigenvalue weighted by Gasteiger charge is -2.24. The zero-order valence-electron chi connectivity index (χ0n) is 8.52. The van der Waals surface area contributed by atoms with Crippen LogP contribution in [0.25, 0.3) is 0 Å². The Kier molecular flexibility index (Phi) is 3.24. The monoisotopic (exact) mass is 253 g/mol. The van der Waals surface area contributed by atoms with Crippen molar-refractivity contribution in [1.82, 2.24) is 5.32 Å². The molecule has 1 atom stereocenters. The van der Waals surface area contributed by atoms with Gasteiger partial charge in [-0.15, -0.1) is 0 Å². The molecule has 0 amide bonds. The van der Waals surface area contributed by atoms with Gasteiger partial charge in [0.1, 0.15) is 0 Å². The minimum absolute atomic E-state index is 0.579. The van der Waals surface area contributed by atoms with E-state index in [1.165, 1.54) is 41.4 Å². The van der Waals surface area contributed by atoms with E-state index in [0.29, 0.717) is 6.04 Å². The number of aryl methyl sites for hydroxylation is 1. The predicted octanol–water partition coefficient (Wildman–Crippen LogP) is 3.57. The zero-order chi connectivity index (χ0) is 9.97. The number of hydrogen-bond acceptors (Lipinski definition) is 1. The summed E-state index contributed by atoms with van der Waals surface area (Å²) in [5.41, 5.74) is 2.76. The Morgan fingerprint density at radius 1 is 1.36 bits per heavy atom. The van der Waals surface area contributed by atoms with Crippen LogP contribution in [0.4, 0.5) is 0 Å². The van der Waals surface area contributed by atoms with Crippen LogP contribution in [0.3, 0.4) is 0 Å². The summed E-state index contributed by atoms with van der Waals surface area (Å²) in [6.07, 6.45) is 3.96. The van der Waals surface area contributed by atoms with E-state index in [2.05, 4.69) is 46.4 Å². The van der Waals surface area contributed by atoms with Crippen LogP contribution in [0.5, 0.6) is 0 Å². The Balaban J connectivity index is 2.18. The first kappa shape index (κ1) is 10.2. The van der Waals surface area contributed by atoms with E-state index in [9.17, 15) is 0 Å². The van der Waals surface area contributed by atoms with Crippen LogP contribution in [0, 0.1) is 6.92 Å². The quantitative estimate of drug-likeness (QED) is 0.807. The molecule has 1 aromatic carbocycles. The number of piperidine rings is 1. The minimum Gasteiger partial charge on any atom is -0.310 e. The van der Waals surface area contributed by atoms with Crippen LogP contribution in [0.2, 0.25) is 0 Å². The standard InChI is InChI=1S/C12H16BrN/c1-9-8-10(5-6-11(9)13)12-4-2-3-7-14-12/h5-6,8,12,14H,2-4,7H2,1H3/t12-/m0/s1. The van der Waals surface area contributed by atoms with Gasteiger partial charge in [0.05, 0.1) is 0 Å². The first-order valence-corrected chi connectivity index (χ1v) is 6.06. The van der Waals surface area contributed by atoms with Crippen LogP contribution in [0.1, 0.15) is 36.4 Å². The van der Waals surface area contributed by atoms with Gasteiger partial charge in [0.2, 0.25) is 0 Å². The van der Waals surface area contributed by atoms with E-state index in [-0.39, 0.29) is 0 Å². The van der Waals surface area contributed by atoms with Crippen LogP contribution >= 0.6 is 15.9 Å². The third-order valence-electron chi connectivity index (χ3n) is 2.89. The van der Waals surface area contributed by atoms with Crippen molar-refractivity contribution < 1.29 is 0 Å². The van der Waals surface area contributed by atoms with Gasteiger partial charge in [0.25, 0.3) is 0 Å². The summed E-state index contributed by atoms with van der Waals surface area (Å²) in [6, 6.07) is 7.24. The number of hydrogen-bond donors (Lipinski definition) is 1. The van der Waals surface area contributed by atoms with Crippen molar-refractivity contribution in [2.75, 3.05) is 6.54 Å². The number of halogens is 1.